The fraction of sp³-hybridized carbons (Fsp3) is 0.0400. The molecular formula is C25H19ClN2O. The van der Waals surface area contributed by atoms with Crippen molar-refractivity contribution in [2.45, 2.75) is 6.92 Å². The lowest BCUT2D eigenvalue weighted by molar-refractivity contribution is 0.102. The molecule has 0 saturated carbocycles. The summed E-state index contributed by atoms with van der Waals surface area (Å²) in [7, 11) is 0. The second-order valence-electron chi connectivity index (χ2n) is 6.79. The van der Waals surface area contributed by atoms with Gasteiger partial charge >= 0.3 is 0 Å². The molecule has 0 spiro atoms. The van der Waals surface area contributed by atoms with Gasteiger partial charge in [-0.25, -0.2) is 0 Å². The number of nitrogens with one attached hydrogen (secondary N) is 1. The van der Waals surface area contributed by atoms with Crippen molar-refractivity contribution in [3.05, 3.63) is 107 Å². The molecule has 4 rings (SSSR count). The Morgan fingerprint density at radius 3 is 2.55 bits per heavy atom. The van der Waals surface area contributed by atoms with Crippen LogP contribution in [-0.2, 0) is 0 Å². The van der Waals surface area contributed by atoms with E-state index in [0.717, 1.165) is 33.3 Å². The van der Waals surface area contributed by atoms with Crippen LogP contribution in [-0.4, -0.2) is 12.1 Å². The van der Waals surface area contributed by atoms with Crippen LogP contribution in [0.25, 0.3) is 10.8 Å². The van der Waals surface area contributed by atoms with Crippen molar-refractivity contribution in [1.29, 1.82) is 0 Å². The maximum Gasteiger partial charge on any atom is 0.255 e. The average Bonchev–Trinajstić information content (AvgIpc) is 2.73. The van der Waals surface area contributed by atoms with Crippen molar-refractivity contribution in [3.8, 4) is 0 Å². The van der Waals surface area contributed by atoms with Crippen LogP contribution in [0.4, 0.5) is 11.4 Å². The Balaban J connectivity index is 1.72. The van der Waals surface area contributed by atoms with Crippen molar-refractivity contribution in [2.75, 3.05) is 5.32 Å². The summed E-state index contributed by atoms with van der Waals surface area (Å²) in [5.74, 6) is -0.151. The lowest BCUT2D eigenvalue weighted by Gasteiger charge is -2.10. The predicted molar refractivity (Wildman–Crippen MR) is 122 cm³/mol. The lowest BCUT2D eigenvalue weighted by atomic mass is 10.0. The first-order valence-electron chi connectivity index (χ1n) is 9.29. The van der Waals surface area contributed by atoms with E-state index >= 15 is 0 Å². The lowest BCUT2D eigenvalue weighted by Crippen LogP contribution is -2.13. The average molecular weight is 399 g/mol. The van der Waals surface area contributed by atoms with Gasteiger partial charge in [-0.3, -0.25) is 9.79 Å². The van der Waals surface area contributed by atoms with Gasteiger partial charge < -0.3 is 5.32 Å². The standard InChI is InChI=1S/C25H19ClN2O/c1-17-7-2-5-12-24(17)28-25(29)19-13-18-8-3-4-11-23(18)20(14-19)16-27-22-10-6-9-21(26)15-22/h2-16H,1H3,(H,28,29). The fourth-order valence-corrected chi connectivity index (χ4v) is 3.37. The quantitative estimate of drug-likeness (QED) is 0.377. The van der Waals surface area contributed by atoms with Crippen LogP contribution in [0, 0.1) is 6.92 Å². The molecule has 0 aromatic heterocycles. The highest BCUT2D eigenvalue weighted by molar-refractivity contribution is 6.30. The van der Waals surface area contributed by atoms with Crippen molar-refractivity contribution < 1.29 is 4.79 Å². The van der Waals surface area contributed by atoms with Crippen LogP contribution >= 0.6 is 11.6 Å². The van der Waals surface area contributed by atoms with Crippen molar-refractivity contribution in [1.82, 2.24) is 0 Å². The van der Waals surface area contributed by atoms with Gasteiger partial charge in [0.15, 0.2) is 0 Å². The molecule has 0 unspecified atom stereocenters. The number of carbonyl (C=O) groups is 1. The number of halogens is 1. The van der Waals surface area contributed by atoms with Gasteiger partial charge in [0.05, 0.1) is 5.69 Å². The smallest absolute Gasteiger partial charge is 0.255 e. The molecular weight excluding hydrogens is 380 g/mol. The molecule has 0 bridgehead atoms. The van der Waals surface area contributed by atoms with Gasteiger partial charge in [0.2, 0.25) is 0 Å². The molecule has 0 aliphatic carbocycles. The molecule has 0 atom stereocenters. The van der Waals surface area contributed by atoms with Crippen LogP contribution < -0.4 is 5.32 Å². The SMILES string of the molecule is Cc1ccccc1NC(=O)c1cc(C=Nc2cccc(Cl)c2)c2ccccc2c1. The fourth-order valence-electron chi connectivity index (χ4n) is 3.19. The van der Waals surface area contributed by atoms with E-state index in [4.69, 9.17) is 11.6 Å². The second kappa shape index (κ2) is 8.29. The molecule has 4 aromatic carbocycles. The summed E-state index contributed by atoms with van der Waals surface area (Å²) in [5.41, 5.74) is 4.04. The highest BCUT2D eigenvalue weighted by Gasteiger charge is 2.11. The van der Waals surface area contributed by atoms with Crippen LogP contribution in [0.5, 0.6) is 0 Å². The van der Waals surface area contributed by atoms with Crippen molar-refractivity contribution in [2.24, 2.45) is 4.99 Å². The number of carbonyl (C=O) groups excluding carboxylic acids is 1. The molecule has 0 aliphatic heterocycles. The van der Waals surface area contributed by atoms with Gasteiger partial charge in [0.25, 0.3) is 5.91 Å². The first-order valence-corrected chi connectivity index (χ1v) is 9.67. The summed E-state index contributed by atoms with van der Waals surface area (Å²) in [6, 6.07) is 26.8. The Bertz CT molecular complexity index is 1230. The zero-order valence-electron chi connectivity index (χ0n) is 15.9. The molecule has 0 aliphatic rings. The Kier molecular flexibility index (Phi) is 5.41. The molecule has 1 amide bonds. The van der Waals surface area contributed by atoms with E-state index in [-0.39, 0.29) is 5.91 Å². The molecule has 1 N–H and O–H groups in total. The summed E-state index contributed by atoms with van der Waals surface area (Å²) in [6.45, 7) is 1.97. The maximum atomic E-state index is 12.9. The molecule has 3 nitrogen and oxygen atoms in total. The summed E-state index contributed by atoms with van der Waals surface area (Å²) in [5, 5.41) is 5.65. The number of benzene rings is 4. The van der Waals surface area contributed by atoms with Crippen LogP contribution in [0.15, 0.2) is 89.9 Å². The number of anilines is 1. The van der Waals surface area contributed by atoms with Crippen LogP contribution in [0.3, 0.4) is 0 Å². The van der Waals surface area contributed by atoms with E-state index in [9.17, 15) is 4.79 Å². The molecule has 0 fully saturated rings. The maximum absolute atomic E-state index is 12.9. The number of aliphatic imine (C=N–C) groups is 1. The van der Waals surface area contributed by atoms with Gasteiger partial charge in [-0.15, -0.1) is 0 Å². The molecule has 0 saturated heterocycles. The molecule has 4 aromatic rings. The molecule has 0 heterocycles. The van der Waals surface area contributed by atoms with Gasteiger partial charge in [-0.05, 0) is 59.7 Å². The van der Waals surface area contributed by atoms with Gasteiger partial charge in [-0.1, -0.05) is 60.1 Å². The number of nitrogens with zero attached hydrogens (tertiary/aromatic N) is 1. The Hall–Kier alpha value is -3.43. The first kappa shape index (κ1) is 18.9. The van der Waals surface area contributed by atoms with E-state index in [1.54, 1.807) is 12.3 Å². The van der Waals surface area contributed by atoms with Crippen LogP contribution in [0.1, 0.15) is 21.5 Å². The number of amides is 1. The molecule has 0 radical (unpaired) electrons. The minimum Gasteiger partial charge on any atom is -0.322 e. The molecule has 4 heteroatoms. The third-order valence-corrected chi connectivity index (χ3v) is 4.95. The Morgan fingerprint density at radius 1 is 0.931 bits per heavy atom. The third-order valence-electron chi connectivity index (χ3n) is 4.71. The number of hydrogen-bond donors (Lipinski definition) is 1. The zero-order valence-corrected chi connectivity index (χ0v) is 16.6. The minimum atomic E-state index is -0.151. The van der Waals surface area contributed by atoms with Gasteiger partial charge in [0.1, 0.15) is 0 Å². The van der Waals surface area contributed by atoms with E-state index in [1.807, 2.05) is 85.8 Å². The topological polar surface area (TPSA) is 41.5 Å². The second-order valence-corrected chi connectivity index (χ2v) is 7.23. The summed E-state index contributed by atoms with van der Waals surface area (Å²) in [4.78, 5) is 17.5. The van der Waals surface area contributed by atoms with Crippen molar-refractivity contribution in [3.63, 3.8) is 0 Å². The summed E-state index contributed by atoms with van der Waals surface area (Å²) >= 11 is 6.05. The minimum absolute atomic E-state index is 0.151. The highest BCUT2D eigenvalue weighted by atomic mass is 35.5. The number of hydrogen-bond acceptors (Lipinski definition) is 2. The molecule has 142 valence electrons. The summed E-state index contributed by atoms with van der Waals surface area (Å²) < 4.78 is 0. The third kappa shape index (κ3) is 4.36. The number of para-hydroxylation sites is 1. The van der Waals surface area contributed by atoms with Gasteiger partial charge in [0, 0.05) is 28.1 Å². The van der Waals surface area contributed by atoms with E-state index in [0.29, 0.717) is 10.6 Å². The van der Waals surface area contributed by atoms with Crippen molar-refractivity contribution >= 4 is 45.9 Å². The first-order chi connectivity index (χ1) is 14.1. The Morgan fingerprint density at radius 2 is 1.72 bits per heavy atom. The van der Waals surface area contributed by atoms with Crippen LogP contribution in [0.2, 0.25) is 5.02 Å². The monoisotopic (exact) mass is 398 g/mol. The molecule has 29 heavy (non-hydrogen) atoms. The van der Waals surface area contributed by atoms with Gasteiger partial charge in [-0.2, -0.15) is 0 Å². The van der Waals surface area contributed by atoms with E-state index in [2.05, 4.69) is 10.3 Å². The highest BCUT2D eigenvalue weighted by Crippen LogP contribution is 2.23. The normalized spacial score (nSPS) is 11.1. The van der Waals surface area contributed by atoms with E-state index in [1.165, 1.54) is 0 Å². The number of rotatable bonds is 4. The van der Waals surface area contributed by atoms with E-state index < -0.39 is 0 Å². The largest absolute Gasteiger partial charge is 0.322 e. The predicted octanol–water partition coefficient (Wildman–Crippen LogP) is 6.80. The number of fused-ring (bicyclic) bond motifs is 1. The Labute approximate surface area is 174 Å². The number of aryl methyl sites for hydroxylation is 1. The summed E-state index contributed by atoms with van der Waals surface area (Å²) in [6.07, 6.45) is 1.78. The zero-order chi connectivity index (χ0) is 20.2.